The Morgan fingerprint density at radius 1 is 1.47 bits per heavy atom. The third-order valence-corrected chi connectivity index (χ3v) is 2.99. The van der Waals surface area contributed by atoms with Crippen molar-refractivity contribution in [3.8, 4) is 0 Å². The molecule has 5 heteroatoms. The number of fused-ring (bicyclic) bond motifs is 1. The first-order chi connectivity index (χ1) is 8.33. The van der Waals surface area contributed by atoms with Crippen LogP contribution in [0.1, 0.15) is 18.2 Å². The summed E-state index contributed by atoms with van der Waals surface area (Å²) >= 11 is 0. The van der Waals surface area contributed by atoms with Crippen LogP contribution < -0.4 is 10.2 Å². The summed E-state index contributed by atoms with van der Waals surface area (Å²) in [5, 5.41) is 3.37. The molecule has 0 bridgehead atoms. The molecule has 1 aromatic rings. The summed E-state index contributed by atoms with van der Waals surface area (Å²) in [5.74, 6) is 1.03. The molecular weight excluding hydrogens is 216 g/mol. The molecule has 2 rings (SSSR count). The summed E-state index contributed by atoms with van der Waals surface area (Å²) in [6, 6.07) is 0. The number of aromatic nitrogens is 2. The molecule has 0 aromatic carbocycles. The lowest BCUT2D eigenvalue weighted by atomic mass is 10.1. The molecule has 94 valence electrons. The molecule has 0 saturated carbocycles. The van der Waals surface area contributed by atoms with Crippen LogP contribution in [-0.4, -0.2) is 43.3 Å². The van der Waals surface area contributed by atoms with E-state index in [1.165, 1.54) is 11.3 Å². The molecule has 1 N–H and O–H groups in total. The predicted molar refractivity (Wildman–Crippen MR) is 67.2 cm³/mol. The van der Waals surface area contributed by atoms with Gasteiger partial charge in [0.05, 0.1) is 12.3 Å². The van der Waals surface area contributed by atoms with Gasteiger partial charge in [0.25, 0.3) is 0 Å². The lowest BCUT2D eigenvalue weighted by Crippen LogP contribution is -2.30. The van der Waals surface area contributed by atoms with Crippen molar-refractivity contribution in [3.63, 3.8) is 0 Å². The molecule has 1 aliphatic rings. The van der Waals surface area contributed by atoms with Gasteiger partial charge in [0.1, 0.15) is 12.1 Å². The van der Waals surface area contributed by atoms with Crippen LogP contribution >= 0.6 is 0 Å². The normalized spacial score (nSPS) is 14.5. The fourth-order valence-electron chi connectivity index (χ4n) is 2.04. The highest BCUT2D eigenvalue weighted by atomic mass is 16.5. The van der Waals surface area contributed by atoms with E-state index in [2.05, 4.69) is 27.2 Å². The first-order valence-corrected chi connectivity index (χ1v) is 6.15. The molecular formula is C12H20N4O. The average molecular weight is 236 g/mol. The van der Waals surface area contributed by atoms with Gasteiger partial charge in [-0.1, -0.05) is 0 Å². The van der Waals surface area contributed by atoms with Crippen molar-refractivity contribution in [1.82, 2.24) is 15.3 Å². The highest BCUT2D eigenvalue weighted by molar-refractivity contribution is 5.48. The molecule has 1 aliphatic heterocycles. The Labute approximate surface area is 102 Å². The zero-order chi connectivity index (χ0) is 12.1. The van der Waals surface area contributed by atoms with E-state index in [4.69, 9.17) is 4.74 Å². The topological polar surface area (TPSA) is 50.3 Å². The third kappa shape index (κ3) is 2.92. The van der Waals surface area contributed by atoms with Crippen molar-refractivity contribution in [3.05, 3.63) is 17.6 Å². The van der Waals surface area contributed by atoms with Crippen LogP contribution in [0.15, 0.2) is 6.33 Å². The van der Waals surface area contributed by atoms with Crippen LogP contribution in [0.3, 0.4) is 0 Å². The van der Waals surface area contributed by atoms with Crippen molar-refractivity contribution in [1.29, 1.82) is 0 Å². The Morgan fingerprint density at radius 3 is 3.18 bits per heavy atom. The van der Waals surface area contributed by atoms with E-state index in [0.29, 0.717) is 0 Å². The summed E-state index contributed by atoms with van der Waals surface area (Å²) < 4.78 is 5.37. The van der Waals surface area contributed by atoms with Gasteiger partial charge in [-0.15, -0.1) is 0 Å². The van der Waals surface area contributed by atoms with Crippen LogP contribution in [0, 0.1) is 0 Å². The molecule has 17 heavy (non-hydrogen) atoms. The van der Waals surface area contributed by atoms with Crippen LogP contribution in [-0.2, 0) is 17.7 Å². The Kier molecular flexibility index (Phi) is 4.28. The summed E-state index contributed by atoms with van der Waals surface area (Å²) in [4.78, 5) is 10.9. The first-order valence-electron chi connectivity index (χ1n) is 6.15. The van der Waals surface area contributed by atoms with Crippen molar-refractivity contribution in [2.45, 2.75) is 19.9 Å². The molecule has 0 spiro atoms. The lowest BCUT2D eigenvalue weighted by molar-refractivity contribution is 0.154. The van der Waals surface area contributed by atoms with Crippen LogP contribution in [0.2, 0.25) is 0 Å². The van der Waals surface area contributed by atoms with Gasteiger partial charge in [-0.25, -0.2) is 9.97 Å². The maximum Gasteiger partial charge on any atom is 0.136 e. The minimum atomic E-state index is 0.735. The van der Waals surface area contributed by atoms with Gasteiger partial charge in [-0.05, 0) is 6.92 Å². The molecule has 0 fully saturated rings. The molecule has 1 aromatic heterocycles. The van der Waals surface area contributed by atoms with Gasteiger partial charge in [0.15, 0.2) is 0 Å². The zero-order valence-corrected chi connectivity index (χ0v) is 10.6. The Balaban J connectivity index is 2.09. The van der Waals surface area contributed by atoms with Crippen molar-refractivity contribution >= 4 is 5.82 Å². The Hall–Kier alpha value is -1.20. The predicted octanol–water partition coefficient (Wildman–Crippen LogP) is 0.595. The molecule has 0 aliphatic carbocycles. The zero-order valence-electron chi connectivity index (χ0n) is 10.6. The monoisotopic (exact) mass is 236 g/mol. The second-order valence-electron chi connectivity index (χ2n) is 4.17. The lowest BCUT2D eigenvalue weighted by Gasteiger charge is -2.24. The van der Waals surface area contributed by atoms with Gasteiger partial charge < -0.3 is 15.0 Å². The standard InChI is InChI=1S/C12H20N4O/c1-3-17-7-6-16(2)12-10-8-13-5-4-11(10)14-9-15-12/h9,13H,3-8H2,1-2H3. The number of ether oxygens (including phenoxy) is 1. The number of nitrogens with zero attached hydrogens (tertiary/aromatic N) is 3. The summed E-state index contributed by atoms with van der Waals surface area (Å²) in [6.45, 7) is 6.24. The van der Waals surface area contributed by atoms with E-state index >= 15 is 0 Å². The van der Waals surface area contributed by atoms with Crippen molar-refractivity contribution < 1.29 is 4.74 Å². The van der Waals surface area contributed by atoms with Crippen LogP contribution in [0.5, 0.6) is 0 Å². The number of nitrogens with one attached hydrogen (secondary N) is 1. The van der Waals surface area contributed by atoms with E-state index < -0.39 is 0 Å². The molecule has 0 atom stereocenters. The summed E-state index contributed by atoms with van der Waals surface area (Å²) in [7, 11) is 2.05. The third-order valence-electron chi connectivity index (χ3n) is 2.99. The van der Waals surface area contributed by atoms with E-state index in [-0.39, 0.29) is 0 Å². The first kappa shape index (κ1) is 12.3. The van der Waals surface area contributed by atoms with Crippen molar-refractivity contribution in [2.75, 3.05) is 38.3 Å². The number of hydrogen-bond acceptors (Lipinski definition) is 5. The van der Waals surface area contributed by atoms with Crippen molar-refractivity contribution in [2.24, 2.45) is 0 Å². The molecule has 0 radical (unpaired) electrons. The van der Waals surface area contributed by atoms with E-state index in [1.54, 1.807) is 6.33 Å². The van der Waals surface area contributed by atoms with E-state index in [1.807, 2.05) is 6.92 Å². The fourth-order valence-corrected chi connectivity index (χ4v) is 2.04. The SMILES string of the molecule is CCOCCN(C)c1ncnc2c1CNCC2. The number of likely N-dealkylation sites (N-methyl/N-ethyl adjacent to an activating group) is 1. The smallest absolute Gasteiger partial charge is 0.136 e. The van der Waals surface area contributed by atoms with Crippen LogP contribution in [0.4, 0.5) is 5.82 Å². The minimum absolute atomic E-state index is 0.735. The summed E-state index contributed by atoms with van der Waals surface area (Å²) in [5.41, 5.74) is 2.41. The fraction of sp³-hybridized carbons (Fsp3) is 0.667. The highest BCUT2D eigenvalue weighted by Crippen LogP contribution is 2.20. The minimum Gasteiger partial charge on any atom is -0.380 e. The van der Waals surface area contributed by atoms with Gasteiger partial charge >= 0.3 is 0 Å². The number of rotatable bonds is 5. The molecule has 0 saturated heterocycles. The maximum atomic E-state index is 5.37. The largest absolute Gasteiger partial charge is 0.380 e. The quantitative estimate of drug-likeness (QED) is 0.759. The Bertz CT molecular complexity index is 370. The molecule has 2 heterocycles. The van der Waals surface area contributed by atoms with Gasteiger partial charge in [-0.2, -0.15) is 0 Å². The van der Waals surface area contributed by atoms with E-state index in [9.17, 15) is 0 Å². The second kappa shape index (κ2) is 5.93. The summed E-state index contributed by atoms with van der Waals surface area (Å²) in [6.07, 6.45) is 2.65. The Morgan fingerprint density at radius 2 is 2.35 bits per heavy atom. The van der Waals surface area contributed by atoms with Gasteiger partial charge in [0.2, 0.25) is 0 Å². The van der Waals surface area contributed by atoms with E-state index in [0.717, 1.165) is 45.1 Å². The van der Waals surface area contributed by atoms with Gasteiger partial charge in [0, 0.05) is 45.3 Å². The number of anilines is 1. The molecule has 0 unspecified atom stereocenters. The molecule has 5 nitrogen and oxygen atoms in total. The van der Waals surface area contributed by atoms with Crippen LogP contribution in [0.25, 0.3) is 0 Å². The average Bonchev–Trinajstić information content (AvgIpc) is 2.38. The maximum absolute atomic E-state index is 5.37. The molecule has 0 amide bonds. The number of hydrogen-bond donors (Lipinski definition) is 1. The highest BCUT2D eigenvalue weighted by Gasteiger charge is 2.17. The second-order valence-corrected chi connectivity index (χ2v) is 4.17. The van der Waals surface area contributed by atoms with Gasteiger partial charge in [-0.3, -0.25) is 0 Å².